The lowest BCUT2D eigenvalue weighted by Gasteiger charge is -2.26. The maximum atomic E-state index is 6.26. The maximum absolute atomic E-state index is 6.26. The zero-order valence-corrected chi connectivity index (χ0v) is 11.3. The van der Waals surface area contributed by atoms with Crippen LogP contribution in [-0.2, 0) is 0 Å². The van der Waals surface area contributed by atoms with E-state index in [-0.39, 0.29) is 11.5 Å². The third kappa shape index (κ3) is 1.99. The Morgan fingerprint density at radius 2 is 2.06 bits per heavy atom. The van der Waals surface area contributed by atoms with Crippen molar-refractivity contribution in [1.82, 2.24) is 9.38 Å². The SMILES string of the molecule is CC(C)(C)C(N)c1cnc2ccc(Br)cn12. The van der Waals surface area contributed by atoms with Crippen LogP contribution in [0.1, 0.15) is 32.5 Å². The largest absolute Gasteiger partial charge is 0.322 e. The highest BCUT2D eigenvalue weighted by molar-refractivity contribution is 9.10. The fourth-order valence-corrected chi connectivity index (χ4v) is 1.98. The fraction of sp³-hybridized carbons (Fsp3) is 0.417. The Labute approximate surface area is 104 Å². The molecule has 0 aliphatic carbocycles. The lowest BCUT2D eigenvalue weighted by atomic mass is 9.86. The molecule has 0 fully saturated rings. The number of aromatic nitrogens is 2. The first-order chi connectivity index (χ1) is 7.39. The zero-order chi connectivity index (χ0) is 11.9. The van der Waals surface area contributed by atoms with E-state index in [0.717, 1.165) is 15.8 Å². The minimum atomic E-state index is -0.0307. The molecule has 0 aliphatic heterocycles. The van der Waals surface area contributed by atoms with Crippen LogP contribution in [0.15, 0.2) is 29.0 Å². The van der Waals surface area contributed by atoms with E-state index in [2.05, 4.69) is 41.7 Å². The number of hydrogen-bond donors (Lipinski definition) is 1. The molecule has 0 spiro atoms. The monoisotopic (exact) mass is 281 g/mol. The van der Waals surface area contributed by atoms with Gasteiger partial charge in [-0.25, -0.2) is 4.98 Å². The highest BCUT2D eigenvalue weighted by Crippen LogP contribution is 2.30. The van der Waals surface area contributed by atoms with Crippen LogP contribution in [0.4, 0.5) is 0 Å². The molecule has 0 amide bonds. The highest BCUT2D eigenvalue weighted by atomic mass is 79.9. The minimum absolute atomic E-state index is 0.0261. The van der Waals surface area contributed by atoms with Gasteiger partial charge in [-0.1, -0.05) is 20.8 Å². The quantitative estimate of drug-likeness (QED) is 0.873. The van der Waals surface area contributed by atoms with Crippen molar-refractivity contribution in [2.75, 3.05) is 0 Å². The molecule has 0 radical (unpaired) electrons. The minimum Gasteiger partial charge on any atom is -0.322 e. The van der Waals surface area contributed by atoms with Crippen molar-refractivity contribution in [3.8, 4) is 0 Å². The third-order valence-corrected chi connectivity index (χ3v) is 3.22. The second kappa shape index (κ2) is 3.86. The molecule has 0 aromatic carbocycles. The van der Waals surface area contributed by atoms with Gasteiger partial charge in [0.1, 0.15) is 5.65 Å². The molecule has 2 heterocycles. The molecule has 86 valence electrons. The molecule has 2 aromatic rings. The second-order valence-electron chi connectivity index (χ2n) is 5.10. The van der Waals surface area contributed by atoms with Crippen LogP contribution in [-0.4, -0.2) is 9.38 Å². The van der Waals surface area contributed by atoms with Crippen LogP contribution in [0, 0.1) is 5.41 Å². The summed E-state index contributed by atoms with van der Waals surface area (Å²) in [4.78, 5) is 4.36. The molecule has 0 aliphatic rings. The van der Waals surface area contributed by atoms with E-state index in [0.29, 0.717) is 0 Å². The Balaban J connectivity index is 2.57. The molecule has 2 aromatic heterocycles. The molecule has 2 rings (SSSR count). The molecular formula is C12H16BrN3. The van der Waals surface area contributed by atoms with E-state index in [9.17, 15) is 0 Å². The van der Waals surface area contributed by atoms with Crippen molar-refractivity contribution in [2.24, 2.45) is 11.1 Å². The Morgan fingerprint density at radius 3 is 2.69 bits per heavy atom. The lowest BCUT2D eigenvalue weighted by Crippen LogP contribution is -2.27. The van der Waals surface area contributed by atoms with Crippen LogP contribution < -0.4 is 5.73 Å². The third-order valence-electron chi connectivity index (χ3n) is 2.75. The molecule has 4 heteroatoms. The van der Waals surface area contributed by atoms with Crippen molar-refractivity contribution in [3.63, 3.8) is 0 Å². The van der Waals surface area contributed by atoms with Crippen LogP contribution in [0.3, 0.4) is 0 Å². The second-order valence-corrected chi connectivity index (χ2v) is 6.02. The molecule has 0 saturated carbocycles. The topological polar surface area (TPSA) is 43.3 Å². The summed E-state index contributed by atoms with van der Waals surface area (Å²) in [6, 6.07) is 3.93. The number of fused-ring (bicyclic) bond motifs is 1. The van der Waals surface area contributed by atoms with Crippen molar-refractivity contribution >= 4 is 21.6 Å². The Hall–Kier alpha value is -0.870. The normalized spacial score (nSPS) is 14.3. The summed E-state index contributed by atoms with van der Waals surface area (Å²) >= 11 is 3.46. The van der Waals surface area contributed by atoms with Gasteiger partial charge in [-0.3, -0.25) is 0 Å². The summed E-state index contributed by atoms with van der Waals surface area (Å²) in [5, 5.41) is 0. The number of rotatable bonds is 1. The predicted molar refractivity (Wildman–Crippen MR) is 69.3 cm³/mol. The number of nitrogens with zero attached hydrogens (tertiary/aromatic N) is 2. The molecule has 0 saturated heterocycles. The van der Waals surface area contributed by atoms with Crippen molar-refractivity contribution < 1.29 is 0 Å². The van der Waals surface area contributed by atoms with Gasteiger partial charge in [0.15, 0.2) is 0 Å². The smallest absolute Gasteiger partial charge is 0.137 e. The highest BCUT2D eigenvalue weighted by Gasteiger charge is 2.25. The average Bonchev–Trinajstić information content (AvgIpc) is 2.57. The van der Waals surface area contributed by atoms with Crippen molar-refractivity contribution in [3.05, 3.63) is 34.7 Å². The Kier molecular flexibility index (Phi) is 2.80. The first-order valence-electron chi connectivity index (χ1n) is 5.27. The molecule has 1 unspecified atom stereocenters. The van der Waals surface area contributed by atoms with Crippen LogP contribution in [0.25, 0.3) is 5.65 Å². The molecule has 2 N–H and O–H groups in total. The fourth-order valence-electron chi connectivity index (χ4n) is 1.65. The standard InChI is InChI=1S/C12H16BrN3/c1-12(2,3)11(14)9-6-15-10-5-4-8(13)7-16(9)10/h4-7,11H,14H2,1-3H3. The summed E-state index contributed by atoms with van der Waals surface area (Å²) in [5.74, 6) is 0. The maximum Gasteiger partial charge on any atom is 0.137 e. The van der Waals surface area contributed by atoms with Crippen LogP contribution in [0.5, 0.6) is 0 Å². The Bertz CT molecular complexity index is 510. The predicted octanol–water partition coefficient (Wildman–Crippen LogP) is 3.14. The number of nitrogens with two attached hydrogens (primary N) is 1. The first kappa shape index (κ1) is 11.6. The summed E-state index contributed by atoms with van der Waals surface area (Å²) < 4.78 is 3.07. The molecule has 3 nitrogen and oxygen atoms in total. The van der Waals surface area contributed by atoms with Gasteiger partial charge in [-0.05, 0) is 33.5 Å². The first-order valence-corrected chi connectivity index (χ1v) is 6.07. The van der Waals surface area contributed by atoms with E-state index in [1.807, 2.05) is 28.9 Å². The summed E-state index contributed by atoms with van der Waals surface area (Å²) in [7, 11) is 0. The van der Waals surface area contributed by atoms with Gasteiger partial charge in [0.25, 0.3) is 0 Å². The van der Waals surface area contributed by atoms with E-state index in [1.54, 1.807) is 0 Å². The van der Waals surface area contributed by atoms with Crippen LogP contribution >= 0.6 is 15.9 Å². The average molecular weight is 282 g/mol. The van der Waals surface area contributed by atoms with Crippen LogP contribution in [0.2, 0.25) is 0 Å². The van der Waals surface area contributed by atoms with Gasteiger partial charge in [-0.2, -0.15) is 0 Å². The molecule has 0 bridgehead atoms. The van der Waals surface area contributed by atoms with Gasteiger partial charge in [0.2, 0.25) is 0 Å². The van der Waals surface area contributed by atoms with E-state index in [4.69, 9.17) is 5.73 Å². The Morgan fingerprint density at radius 1 is 1.38 bits per heavy atom. The van der Waals surface area contributed by atoms with Gasteiger partial charge in [0, 0.05) is 10.7 Å². The summed E-state index contributed by atoms with van der Waals surface area (Å²) in [5.41, 5.74) is 8.26. The van der Waals surface area contributed by atoms with Gasteiger partial charge >= 0.3 is 0 Å². The summed E-state index contributed by atoms with van der Waals surface area (Å²) in [6.45, 7) is 6.40. The number of pyridine rings is 1. The molecule has 16 heavy (non-hydrogen) atoms. The van der Waals surface area contributed by atoms with E-state index < -0.39 is 0 Å². The molecular weight excluding hydrogens is 266 g/mol. The van der Waals surface area contributed by atoms with Gasteiger partial charge < -0.3 is 10.1 Å². The molecule has 1 atom stereocenters. The summed E-state index contributed by atoms with van der Waals surface area (Å²) in [6.07, 6.45) is 3.86. The van der Waals surface area contributed by atoms with Crippen molar-refractivity contribution in [2.45, 2.75) is 26.8 Å². The van der Waals surface area contributed by atoms with E-state index in [1.165, 1.54) is 0 Å². The number of hydrogen-bond acceptors (Lipinski definition) is 2. The van der Waals surface area contributed by atoms with Gasteiger partial charge in [-0.15, -0.1) is 0 Å². The zero-order valence-electron chi connectivity index (χ0n) is 9.74. The number of imidazole rings is 1. The number of halogens is 1. The lowest BCUT2D eigenvalue weighted by molar-refractivity contribution is 0.320. The van der Waals surface area contributed by atoms with Crippen molar-refractivity contribution in [1.29, 1.82) is 0 Å². The van der Waals surface area contributed by atoms with E-state index >= 15 is 0 Å². The van der Waals surface area contributed by atoms with Gasteiger partial charge in [0.05, 0.1) is 17.9 Å².